The van der Waals surface area contributed by atoms with Crippen LogP contribution in [0, 0.1) is 11.3 Å². The SMILES string of the molecule is CC(C)C(C=O)=C1C(=O)CC(C)(C)CC1=O. The molecule has 16 heavy (non-hydrogen) atoms. The topological polar surface area (TPSA) is 51.2 Å². The first-order chi connectivity index (χ1) is 7.28. The summed E-state index contributed by atoms with van der Waals surface area (Å²) < 4.78 is 0. The predicted molar refractivity (Wildman–Crippen MR) is 61.0 cm³/mol. The normalized spacial score (nSPS) is 20.2. The van der Waals surface area contributed by atoms with E-state index in [1.807, 2.05) is 27.7 Å². The zero-order valence-electron chi connectivity index (χ0n) is 10.3. The molecule has 1 aliphatic carbocycles. The molecular formula is C13H18O3. The molecule has 0 N–H and O–H groups in total. The monoisotopic (exact) mass is 222 g/mol. The highest BCUT2D eigenvalue weighted by Crippen LogP contribution is 2.35. The molecule has 3 nitrogen and oxygen atoms in total. The summed E-state index contributed by atoms with van der Waals surface area (Å²) in [5.74, 6) is -0.448. The highest BCUT2D eigenvalue weighted by Gasteiger charge is 2.37. The summed E-state index contributed by atoms with van der Waals surface area (Å²) in [6.07, 6.45) is 1.34. The van der Waals surface area contributed by atoms with Gasteiger partial charge >= 0.3 is 0 Å². The van der Waals surface area contributed by atoms with Crippen molar-refractivity contribution in [2.45, 2.75) is 40.5 Å². The van der Waals surface area contributed by atoms with Crippen LogP contribution >= 0.6 is 0 Å². The molecule has 88 valence electrons. The van der Waals surface area contributed by atoms with Crippen molar-refractivity contribution in [1.29, 1.82) is 0 Å². The lowest BCUT2D eigenvalue weighted by Gasteiger charge is -2.29. The third kappa shape index (κ3) is 2.46. The standard InChI is InChI=1S/C13H18O3/c1-8(2)9(7-14)12-10(15)5-13(3,4)6-11(12)16/h7-8H,5-6H2,1-4H3. The average molecular weight is 222 g/mol. The Morgan fingerprint density at radius 3 is 1.94 bits per heavy atom. The summed E-state index contributed by atoms with van der Waals surface area (Å²) in [4.78, 5) is 34.7. The van der Waals surface area contributed by atoms with E-state index >= 15 is 0 Å². The van der Waals surface area contributed by atoms with Gasteiger partial charge in [0.25, 0.3) is 0 Å². The van der Waals surface area contributed by atoms with E-state index in [4.69, 9.17) is 0 Å². The maximum Gasteiger partial charge on any atom is 0.167 e. The van der Waals surface area contributed by atoms with Crippen molar-refractivity contribution in [3.63, 3.8) is 0 Å². The van der Waals surface area contributed by atoms with Crippen LogP contribution in [-0.4, -0.2) is 17.9 Å². The molecule has 0 spiro atoms. The van der Waals surface area contributed by atoms with Gasteiger partial charge in [-0.3, -0.25) is 14.4 Å². The van der Waals surface area contributed by atoms with Crippen LogP contribution in [0.3, 0.4) is 0 Å². The van der Waals surface area contributed by atoms with Crippen molar-refractivity contribution >= 4 is 17.9 Å². The van der Waals surface area contributed by atoms with Gasteiger partial charge in [-0.15, -0.1) is 0 Å². The van der Waals surface area contributed by atoms with Gasteiger partial charge in [0.15, 0.2) is 11.6 Å². The van der Waals surface area contributed by atoms with Crippen LogP contribution in [0.1, 0.15) is 40.5 Å². The number of ketones is 2. The van der Waals surface area contributed by atoms with E-state index in [0.29, 0.717) is 24.7 Å². The third-order valence-corrected chi connectivity index (χ3v) is 2.87. The van der Waals surface area contributed by atoms with Crippen molar-refractivity contribution in [2.24, 2.45) is 11.3 Å². The Hall–Kier alpha value is -1.25. The van der Waals surface area contributed by atoms with Crippen LogP contribution < -0.4 is 0 Å². The number of rotatable bonds is 2. The van der Waals surface area contributed by atoms with Crippen molar-refractivity contribution < 1.29 is 14.4 Å². The number of hydrogen-bond acceptors (Lipinski definition) is 3. The Kier molecular flexibility index (Phi) is 3.46. The van der Waals surface area contributed by atoms with Gasteiger partial charge < -0.3 is 0 Å². The van der Waals surface area contributed by atoms with E-state index in [1.54, 1.807) is 0 Å². The molecule has 1 fully saturated rings. The van der Waals surface area contributed by atoms with Crippen molar-refractivity contribution in [2.75, 3.05) is 0 Å². The summed E-state index contributed by atoms with van der Waals surface area (Å²) in [6.45, 7) is 7.43. The fraction of sp³-hybridized carbons (Fsp3) is 0.615. The molecule has 0 aliphatic heterocycles. The quantitative estimate of drug-likeness (QED) is 0.408. The van der Waals surface area contributed by atoms with Crippen LogP contribution in [-0.2, 0) is 14.4 Å². The molecule has 1 saturated carbocycles. The molecule has 0 saturated heterocycles. The lowest BCUT2D eigenvalue weighted by Crippen LogP contribution is -2.33. The number of aldehydes is 1. The zero-order chi connectivity index (χ0) is 12.5. The Bertz CT molecular complexity index is 351. The highest BCUT2D eigenvalue weighted by atomic mass is 16.2. The maximum absolute atomic E-state index is 11.9. The fourth-order valence-electron chi connectivity index (χ4n) is 2.07. The van der Waals surface area contributed by atoms with Crippen molar-refractivity contribution in [3.8, 4) is 0 Å². The van der Waals surface area contributed by atoms with Crippen LogP contribution in [0.4, 0.5) is 0 Å². The minimum Gasteiger partial charge on any atom is -0.298 e. The molecule has 0 aromatic carbocycles. The minimum atomic E-state index is -0.275. The first-order valence-electron chi connectivity index (χ1n) is 5.54. The highest BCUT2D eigenvalue weighted by molar-refractivity contribution is 6.24. The fourth-order valence-corrected chi connectivity index (χ4v) is 2.07. The summed E-state index contributed by atoms with van der Waals surface area (Å²) in [5, 5.41) is 0. The largest absolute Gasteiger partial charge is 0.298 e. The number of carbonyl (C=O) groups excluding carboxylic acids is 3. The first-order valence-corrected chi connectivity index (χ1v) is 5.54. The van der Waals surface area contributed by atoms with Crippen LogP contribution in [0.2, 0.25) is 0 Å². The summed E-state index contributed by atoms with van der Waals surface area (Å²) in [7, 11) is 0. The molecule has 0 radical (unpaired) electrons. The Morgan fingerprint density at radius 1 is 1.19 bits per heavy atom. The molecule has 1 rings (SSSR count). The smallest absolute Gasteiger partial charge is 0.167 e. The van der Waals surface area contributed by atoms with Crippen LogP contribution in [0.15, 0.2) is 11.1 Å². The van der Waals surface area contributed by atoms with Gasteiger partial charge in [-0.05, 0) is 11.3 Å². The molecule has 0 heterocycles. The lowest BCUT2D eigenvalue weighted by molar-refractivity contribution is -0.128. The maximum atomic E-state index is 11.9. The molecule has 0 unspecified atom stereocenters. The zero-order valence-corrected chi connectivity index (χ0v) is 10.3. The van der Waals surface area contributed by atoms with Crippen molar-refractivity contribution in [3.05, 3.63) is 11.1 Å². The van der Waals surface area contributed by atoms with E-state index < -0.39 is 0 Å². The van der Waals surface area contributed by atoms with Crippen LogP contribution in [0.25, 0.3) is 0 Å². The summed E-state index contributed by atoms with van der Waals surface area (Å²) >= 11 is 0. The molecule has 0 aromatic heterocycles. The molecule has 1 aliphatic rings. The Labute approximate surface area is 95.9 Å². The number of allylic oxidation sites excluding steroid dienone is 2. The van der Waals surface area contributed by atoms with E-state index in [-0.39, 0.29) is 28.5 Å². The second-order valence-electron chi connectivity index (χ2n) is 5.47. The van der Waals surface area contributed by atoms with Gasteiger partial charge in [-0.1, -0.05) is 27.7 Å². The molecule has 0 atom stereocenters. The summed E-state index contributed by atoms with van der Waals surface area (Å²) in [6, 6.07) is 0. The molecule has 0 bridgehead atoms. The predicted octanol–water partition coefficient (Wildman–Crippen LogP) is 2.10. The summed E-state index contributed by atoms with van der Waals surface area (Å²) in [5.41, 5.74) is 0.220. The average Bonchev–Trinajstić information content (AvgIpc) is 2.08. The second-order valence-corrected chi connectivity index (χ2v) is 5.47. The molecule has 3 heteroatoms. The first kappa shape index (κ1) is 12.8. The van der Waals surface area contributed by atoms with Crippen molar-refractivity contribution in [1.82, 2.24) is 0 Å². The van der Waals surface area contributed by atoms with E-state index in [2.05, 4.69) is 0 Å². The number of Topliss-reactive ketones (excluding diaryl/α,β-unsaturated/α-hetero) is 2. The van der Waals surface area contributed by atoms with Crippen LogP contribution in [0.5, 0.6) is 0 Å². The second kappa shape index (κ2) is 4.32. The minimum absolute atomic E-state index is 0.0818. The van der Waals surface area contributed by atoms with Gasteiger partial charge in [-0.25, -0.2) is 0 Å². The number of hydrogen-bond donors (Lipinski definition) is 0. The van der Waals surface area contributed by atoms with Gasteiger partial charge in [0.1, 0.15) is 6.29 Å². The lowest BCUT2D eigenvalue weighted by atomic mass is 9.72. The Balaban J connectivity index is 3.21. The molecule has 0 amide bonds. The number of carbonyl (C=O) groups is 3. The molecular weight excluding hydrogens is 204 g/mol. The van der Waals surface area contributed by atoms with Gasteiger partial charge in [-0.2, -0.15) is 0 Å². The van der Waals surface area contributed by atoms with E-state index in [1.165, 1.54) is 0 Å². The Morgan fingerprint density at radius 2 is 1.62 bits per heavy atom. The van der Waals surface area contributed by atoms with E-state index in [0.717, 1.165) is 0 Å². The molecule has 0 aromatic rings. The van der Waals surface area contributed by atoms with Gasteiger partial charge in [0.05, 0.1) is 5.57 Å². The van der Waals surface area contributed by atoms with E-state index in [9.17, 15) is 14.4 Å². The van der Waals surface area contributed by atoms with Gasteiger partial charge in [0, 0.05) is 18.4 Å². The van der Waals surface area contributed by atoms with Gasteiger partial charge in [0.2, 0.25) is 0 Å². The third-order valence-electron chi connectivity index (χ3n) is 2.87.